The highest BCUT2D eigenvalue weighted by molar-refractivity contribution is 5.97. The molecule has 1 atom stereocenters. The Kier molecular flexibility index (Phi) is 7.07. The molecule has 2 heterocycles. The molecule has 172 valence electrons. The summed E-state index contributed by atoms with van der Waals surface area (Å²) in [6, 6.07) is 18.1. The van der Waals surface area contributed by atoms with Crippen LogP contribution in [0.4, 0.5) is 5.82 Å². The van der Waals surface area contributed by atoms with Gasteiger partial charge in [0.1, 0.15) is 5.75 Å². The number of anilines is 1. The van der Waals surface area contributed by atoms with E-state index >= 15 is 0 Å². The molecule has 33 heavy (non-hydrogen) atoms. The summed E-state index contributed by atoms with van der Waals surface area (Å²) in [5.74, 6) is 0.591. The number of nitrogens with one attached hydrogen (secondary N) is 2. The predicted octanol–water partition coefficient (Wildman–Crippen LogP) is 4.36. The lowest BCUT2D eigenvalue weighted by Crippen LogP contribution is -2.24. The monoisotopic (exact) mass is 446 g/mol. The third-order valence-corrected chi connectivity index (χ3v) is 5.62. The van der Waals surface area contributed by atoms with Crippen LogP contribution in [0.1, 0.15) is 38.7 Å². The molecule has 2 aromatic carbocycles. The Bertz CT molecular complexity index is 1120. The number of carbonyl (C=O) groups excluding carboxylic acids is 2. The number of benzene rings is 2. The topological polar surface area (TPSA) is 85.2 Å². The molecule has 7 nitrogen and oxygen atoms in total. The quantitative estimate of drug-likeness (QED) is 0.512. The van der Waals surface area contributed by atoms with E-state index in [-0.39, 0.29) is 24.2 Å². The van der Waals surface area contributed by atoms with E-state index in [1.807, 2.05) is 41.1 Å². The number of nitrogens with zero attached hydrogens (tertiary/aromatic N) is 2. The normalized spacial score (nSPS) is 15.3. The molecule has 0 saturated carbocycles. The first kappa shape index (κ1) is 22.6. The van der Waals surface area contributed by atoms with Crippen LogP contribution in [0, 0.1) is 5.92 Å². The van der Waals surface area contributed by atoms with E-state index < -0.39 is 0 Å². The van der Waals surface area contributed by atoms with Gasteiger partial charge in [0.15, 0.2) is 5.82 Å². The molecular formula is C26H30N4O3. The van der Waals surface area contributed by atoms with Crippen LogP contribution >= 0.6 is 0 Å². The first-order valence-corrected chi connectivity index (χ1v) is 11.6. The fourth-order valence-corrected chi connectivity index (χ4v) is 3.94. The van der Waals surface area contributed by atoms with Crippen molar-refractivity contribution in [2.24, 2.45) is 5.92 Å². The highest BCUT2D eigenvalue weighted by Gasteiger charge is 2.28. The van der Waals surface area contributed by atoms with Gasteiger partial charge >= 0.3 is 0 Å². The van der Waals surface area contributed by atoms with E-state index in [1.54, 1.807) is 0 Å². The van der Waals surface area contributed by atoms with Gasteiger partial charge in [0.2, 0.25) is 11.8 Å². The average Bonchev–Trinajstić information content (AvgIpc) is 3.45. The van der Waals surface area contributed by atoms with Gasteiger partial charge in [-0.15, -0.1) is 5.10 Å². The third kappa shape index (κ3) is 5.42. The van der Waals surface area contributed by atoms with Crippen LogP contribution in [-0.4, -0.2) is 34.7 Å². The van der Waals surface area contributed by atoms with Gasteiger partial charge in [0.25, 0.3) is 0 Å². The van der Waals surface area contributed by atoms with Crippen molar-refractivity contribution in [2.45, 2.75) is 39.5 Å². The fraction of sp³-hybridized carbons (Fsp3) is 0.346. The molecule has 2 amide bonds. The largest absolute Gasteiger partial charge is 0.494 e. The van der Waals surface area contributed by atoms with Crippen LogP contribution in [0.3, 0.4) is 0 Å². The number of aryl methyl sites for hydroxylation is 1. The van der Waals surface area contributed by atoms with Crippen molar-refractivity contribution >= 4 is 17.6 Å². The molecule has 1 saturated heterocycles. The van der Waals surface area contributed by atoms with Gasteiger partial charge in [-0.3, -0.25) is 9.59 Å². The molecule has 0 aliphatic carbocycles. The van der Waals surface area contributed by atoms with Crippen molar-refractivity contribution in [1.82, 2.24) is 15.1 Å². The van der Waals surface area contributed by atoms with Gasteiger partial charge in [0, 0.05) is 24.6 Å². The van der Waals surface area contributed by atoms with Crippen LogP contribution in [-0.2, 0) is 16.0 Å². The Labute approximate surface area is 194 Å². The number of aromatic nitrogens is 2. The van der Waals surface area contributed by atoms with Gasteiger partial charge < -0.3 is 15.4 Å². The number of hydrogen-bond donors (Lipinski definition) is 2. The summed E-state index contributed by atoms with van der Waals surface area (Å²) < 4.78 is 7.54. The van der Waals surface area contributed by atoms with E-state index in [2.05, 4.69) is 42.7 Å². The summed E-state index contributed by atoms with van der Waals surface area (Å²) >= 11 is 0. The summed E-state index contributed by atoms with van der Waals surface area (Å²) in [5.41, 5.74) is 4.03. The maximum absolute atomic E-state index is 12.7. The minimum Gasteiger partial charge on any atom is -0.494 e. The van der Waals surface area contributed by atoms with Gasteiger partial charge in [-0.25, -0.2) is 4.68 Å². The maximum atomic E-state index is 12.7. The minimum atomic E-state index is -0.381. The molecule has 0 bridgehead atoms. The van der Waals surface area contributed by atoms with Gasteiger partial charge in [0.05, 0.1) is 23.9 Å². The molecule has 3 aromatic rings. The van der Waals surface area contributed by atoms with Crippen LogP contribution < -0.4 is 15.4 Å². The zero-order valence-corrected chi connectivity index (χ0v) is 19.1. The Balaban J connectivity index is 1.66. The molecule has 4 rings (SSSR count). The first-order valence-electron chi connectivity index (χ1n) is 11.6. The molecular weight excluding hydrogens is 416 g/mol. The Morgan fingerprint density at radius 2 is 1.97 bits per heavy atom. The van der Waals surface area contributed by atoms with Crippen LogP contribution in [0.2, 0.25) is 0 Å². The van der Waals surface area contributed by atoms with E-state index in [4.69, 9.17) is 9.84 Å². The maximum Gasteiger partial charge on any atom is 0.230 e. The lowest BCUT2D eigenvalue weighted by Gasteiger charge is -2.10. The molecule has 1 aliphatic heterocycles. The third-order valence-electron chi connectivity index (χ3n) is 5.62. The minimum absolute atomic E-state index is 0.0977. The average molecular weight is 447 g/mol. The SMILES string of the molecule is CCCOc1ccc(-n2nc(NC(=O)[C@@H]3CNC(=O)C3)cc2-c2cccc(CCC)c2)cc1. The number of ether oxygens (including phenoxy) is 1. The molecule has 0 spiro atoms. The van der Waals surface area contributed by atoms with E-state index in [0.29, 0.717) is 19.0 Å². The molecule has 1 fully saturated rings. The van der Waals surface area contributed by atoms with Crippen LogP contribution in [0.25, 0.3) is 16.9 Å². The smallest absolute Gasteiger partial charge is 0.230 e. The molecule has 0 unspecified atom stereocenters. The summed E-state index contributed by atoms with van der Waals surface area (Å²) in [5, 5.41) is 10.3. The van der Waals surface area contributed by atoms with Gasteiger partial charge in [-0.05, 0) is 48.7 Å². The summed E-state index contributed by atoms with van der Waals surface area (Å²) in [6.45, 7) is 5.27. The van der Waals surface area contributed by atoms with Gasteiger partial charge in [-0.1, -0.05) is 38.5 Å². The summed E-state index contributed by atoms with van der Waals surface area (Å²) in [6.07, 6.45) is 3.22. The second-order valence-corrected chi connectivity index (χ2v) is 8.31. The summed E-state index contributed by atoms with van der Waals surface area (Å²) in [4.78, 5) is 24.2. The molecule has 1 aliphatic rings. The van der Waals surface area contributed by atoms with Gasteiger partial charge in [-0.2, -0.15) is 0 Å². The zero-order chi connectivity index (χ0) is 23.2. The van der Waals surface area contributed by atoms with Crippen molar-refractivity contribution in [3.8, 4) is 22.7 Å². The second kappa shape index (κ2) is 10.3. The fourth-order valence-electron chi connectivity index (χ4n) is 3.94. The van der Waals surface area contributed by atoms with Crippen molar-refractivity contribution in [2.75, 3.05) is 18.5 Å². The number of amides is 2. The van der Waals surface area contributed by atoms with E-state index in [9.17, 15) is 9.59 Å². The number of carbonyl (C=O) groups is 2. The van der Waals surface area contributed by atoms with E-state index in [1.165, 1.54) is 5.56 Å². The predicted molar refractivity (Wildman–Crippen MR) is 129 cm³/mol. The van der Waals surface area contributed by atoms with Crippen LogP contribution in [0.5, 0.6) is 5.75 Å². The Morgan fingerprint density at radius 3 is 2.67 bits per heavy atom. The number of rotatable bonds is 9. The van der Waals surface area contributed by atoms with Crippen molar-refractivity contribution in [3.05, 3.63) is 60.2 Å². The van der Waals surface area contributed by atoms with Crippen molar-refractivity contribution in [3.63, 3.8) is 0 Å². The molecule has 1 aromatic heterocycles. The number of hydrogen-bond acceptors (Lipinski definition) is 4. The van der Waals surface area contributed by atoms with Crippen LogP contribution in [0.15, 0.2) is 54.6 Å². The highest BCUT2D eigenvalue weighted by atomic mass is 16.5. The Morgan fingerprint density at radius 1 is 1.15 bits per heavy atom. The zero-order valence-electron chi connectivity index (χ0n) is 19.1. The van der Waals surface area contributed by atoms with Crippen molar-refractivity contribution < 1.29 is 14.3 Å². The molecule has 7 heteroatoms. The first-order chi connectivity index (χ1) is 16.1. The lowest BCUT2D eigenvalue weighted by atomic mass is 10.0. The van der Waals surface area contributed by atoms with E-state index in [0.717, 1.165) is 42.0 Å². The highest BCUT2D eigenvalue weighted by Crippen LogP contribution is 2.28. The molecule has 2 N–H and O–H groups in total. The molecule has 0 radical (unpaired) electrons. The Hall–Kier alpha value is -3.61. The van der Waals surface area contributed by atoms with Crippen molar-refractivity contribution in [1.29, 1.82) is 0 Å². The standard InChI is InChI=1S/C26H30N4O3/c1-3-6-18-7-5-8-19(14-18)23-16-24(28-26(32)20-15-25(31)27-17-20)29-30(23)21-9-11-22(12-10-21)33-13-4-2/h5,7-12,14,16,20H,3-4,6,13,15,17H2,1-2H3,(H,27,31)(H,28,29,32)/t20-/m0/s1. The second-order valence-electron chi connectivity index (χ2n) is 8.31. The summed E-state index contributed by atoms with van der Waals surface area (Å²) in [7, 11) is 0. The lowest BCUT2D eigenvalue weighted by molar-refractivity contribution is -0.123.